The van der Waals surface area contributed by atoms with E-state index in [1.807, 2.05) is 0 Å². The first-order chi connectivity index (χ1) is 7.22. The Morgan fingerprint density at radius 1 is 1.27 bits per heavy atom. The molecule has 1 aliphatic heterocycles. The lowest BCUT2D eigenvalue weighted by Gasteiger charge is -2.37. The molecule has 1 heterocycles. The zero-order valence-electron chi connectivity index (χ0n) is 9.97. The lowest BCUT2D eigenvalue weighted by atomic mass is 9.87. The Hall–Kier alpha value is 0.440. The number of rotatable bonds is 3. The van der Waals surface area contributed by atoms with E-state index in [9.17, 15) is 0 Å². The van der Waals surface area contributed by atoms with Crippen molar-refractivity contribution in [3.05, 3.63) is 0 Å². The molecule has 0 aromatic heterocycles. The number of nitrogens with zero attached hydrogens (tertiary/aromatic N) is 1. The maximum absolute atomic E-state index is 3.64. The summed E-state index contributed by atoms with van der Waals surface area (Å²) >= 11 is 3.64. The maximum atomic E-state index is 3.64. The SMILES string of the molecule is CC1(CN2CCCC(CBr)C2)CCCC1. The van der Waals surface area contributed by atoms with Crippen molar-refractivity contribution >= 4 is 15.9 Å². The Balaban J connectivity index is 1.83. The van der Waals surface area contributed by atoms with Gasteiger partial charge in [-0.2, -0.15) is 0 Å². The average Bonchev–Trinajstić information content (AvgIpc) is 2.65. The van der Waals surface area contributed by atoms with Crippen LogP contribution in [0, 0.1) is 11.3 Å². The lowest BCUT2D eigenvalue weighted by Crippen LogP contribution is -2.41. The van der Waals surface area contributed by atoms with Crippen LogP contribution in [0.5, 0.6) is 0 Å². The number of likely N-dealkylation sites (tertiary alicyclic amines) is 1. The van der Waals surface area contributed by atoms with Gasteiger partial charge in [-0.1, -0.05) is 35.7 Å². The van der Waals surface area contributed by atoms with Gasteiger partial charge in [-0.3, -0.25) is 0 Å². The normalized spacial score (nSPS) is 32.0. The highest BCUT2D eigenvalue weighted by atomic mass is 79.9. The summed E-state index contributed by atoms with van der Waals surface area (Å²) in [5.74, 6) is 0.906. The first kappa shape index (κ1) is 11.9. The molecule has 1 unspecified atom stereocenters. The van der Waals surface area contributed by atoms with Crippen molar-refractivity contribution in [2.45, 2.75) is 45.4 Å². The van der Waals surface area contributed by atoms with Crippen LogP contribution < -0.4 is 0 Å². The van der Waals surface area contributed by atoms with Gasteiger partial charge in [0.05, 0.1) is 0 Å². The first-order valence-electron chi connectivity index (χ1n) is 6.50. The molecule has 1 nitrogen and oxygen atoms in total. The Labute approximate surface area is 103 Å². The standard InChI is InChI=1S/C13H24BrN/c1-13(6-2-3-7-13)11-15-8-4-5-12(9-14)10-15/h12H,2-11H2,1H3. The summed E-state index contributed by atoms with van der Waals surface area (Å²) in [6.45, 7) is 6.54. The molecule has 2 fully saturated rings. The van der Waals surface area contributed by atoms with Crippen LogP contribution in [0.2, 0.25) is 0 Å². The number of piperidine rings is 1. The van der Waals surface area contributed by atoms with Gasteiger partial charge in [0.25, 0.3) is 0 Å². The van der Waals surface area contributed by atoms with Crippen molar-refractivity contribution in [1.82, 2.24) is 4.90 Å². The van der Waals surface area contributed by atoms with E-state index in [0.717, 1.165) is 5.92 Å². The molecule has 1 atom stereocenters. The summed E-state index contributed by atoms with van der Waals surface area (Å²) in [4.78, 5) is 2.72. The van der Waals surface area contributed by atoms with Crippen LogP contribution in [0.25, 0.3) is 0 Å². The predicted molar refractivity (Wildman–Crippen MR) is 69.5 cm³/mol. The molecule has 0 bridgehead atoms. The third-order valence-corrected chi connectivity index (χ3v) is 5.15. The van der Waals surface area contributed by atoms with Crippen molar-refractivity contribution < 1.29 is 0 Å². The molecule has 15 heavy (non-hydrogen) atoms. The van der Waals surface area contributed by atoms with E-state index in [4.69, 9.17) is 0 Å². The van der Waals surface area contributed by atoms with Gasteiger partial charge in [0.2, 0.25) is 0 Å². The summed E-state index contributed by atoms with van der Waals surface area (Å²) in [6, 6.07) is 0. The van der Waals surface area contributed by atoms with Crippen LogP contribution in [-0.2, 0) is 0 Å². The second-order valence-corrected chi connectivity index (χ2v) is 6.56. The summed E-state index contributed by atoms with van der Waals surface area (Å²) in [6.07, 6.45) is 8.69. The van der Waals surface area contributed by atoms with Gasteiger partial charge in [-0.05, 0) is 43.6 Å². The van der Waals surface area contributed by atoms with Crippen molar-refractivity contribution in [2.75, 3.05) is 25.0 Å². The molecule has 0 aromatic carbocycles. The molecular weight excluding hydrogens is 250 g/mol. The van der Waals surface area contributed by atoms with Gasteiger partial charge in [0, 0.05) is 18.4 Å². The van der Waals surface area contributed by atoms with E-state index < -0.39 is 0 Å². The summed E-state index contributed by atoms with van der Waals surface area (Å²) < 4.78 is 0. The highest BCUT2D eigenvalue weighted by Crippen LogP contribution is 2.38. The van der Waals surface area contributed by atoms with E-state index in [0.29, 0.717) is 5.41 Å². The minimum atomic E-state index is 0.647. The Bertz CT molecular complexity index is 199. The zero-order chi connectivity index (χ0) is 10.7. The molecule has 0 spiro atoms. The van der Waals surface area contributed by atoms with Gasteiger partial charge < -0.3 is 4.90 Å². The topological polar surface area (TPSA) is 3.24 Å². The fourth-order valence-electron chi connectivity index (χ4n) is 3.35. The summed E-state index contributed by atoms with van der Waals surface area (Å²) in [5.41, 5.74) is 0.647. The van der Waals surface area contributed by atoms with Crippen molar-refractivity contribution in [1.29, 1.82) is 0 Å². The Kier molecular flexibility index (Phi) is 4.11. The third-order valence-electron chi connectivity index (χ3n) is 4.24. The number of hydrogen-bond donors (Lipinski definition) is 0. The minimum absolute atomic E-state index is 0.647. The monoisotopic (exact) mass is 273 g/mol. The maximum Gasteiger partial charge on any atom is 0.00718 e. The number of alkyl halides is 1. The third kappa shape index (κ3) is 3.20. The fraction of sp³-hybridized carbons (Fsp3) is 1.00. The highest BCUT2D eigenvalue weighted by molar-refractivity contribution is 9.09. The van der Waals surface area contributed by atoms with Crippen LogP contribution in [0.1, 0.15) is 45.4 Å². The smallest absolute Gasteiger partial charge is 0.00718 e. The molecule has 0 amide bonds. The number of halogens is 1. The van der Waals surface area contributed by atoms with Crippen molar-refractivity contribution in [3.8, 4) is 0 Å². The Morgan fingerprint density at radius 3 is 2.67 bits per heavy atom. The van der Waals surface area contributed by atoms with Crippen molar-refractivity contribution in [3.63, 3.8) is 0 Å². The quantitative estimate of drug-likeness (QED) is 0.710. The zero-order valence-corrected chi connectivity index (χ0v) is 11.6. The molecule has 1 saturated heterocycles. The molecular formula is C13H24BrN. The molecule has 88 valence electrons. The van der Waals surface area contributed by atoms with E-state index in [1.165, 1.54) is 63.5 Å². The van der Waals surface area contributed by atoms with Gasteiger partial charge in [-0.25, -0.2) is 0 Å². The Morgan fingerprint density at radius 2 is 2.00 bits per heavy atom. The van der Waals surface area contributed by atoms with E-state index in [2.05, 4.69) is 27.8 Å². The molecule has 2 rings (SSSR count). The first-order valence-corrected chi connectivity index (χ1v) is 7.62. The minimum Gasteiger partial charge on any atom is -0.302 e. The second kappa shape index (κ2) is 5.18. The average molecular weight is 274 g/mol. The highest BCUT2D eigenvalue weighted by Gasteiger charge is 2.32. The molecule has 0 aromatic rings. The molecule has 1 aliphatic carbocycles. The molecule has 0 N–H and O–H groups in total. The van der Waals surface area contributed by atoms with Gasteiger partial charge in [0.1, 0.15) is 0 Å². The van der Waals surface area contributed by atoms with Crippen LogP contribution in [0.4, 0.5) is 0 Å². The van der Waals surface area contributed by atoms with Gasteiger partial charge in [0.15, 0.2) is 0 Å². The second-order valence-electron chi connectivity index (χ2n) is 5.92. The number of hydrogen-bond acceptors (Lipinski definition) is 1. The van der Waals surface area contributed by atoms with E-state index in [1.54, 1.807) is 0 Å². The summed E-state index contributed by atoms with van der Waals surface area (Å²) in [5, 5.41) is 1.19. The predicted octanol–water partition coefficient (Wildman–Crippen LogP) is 3.67. The largest absolute Gasteiger partial charge is 0.302 e. The van der Waals surface area contributed by atoms with E-state index >= 15 is 0 Å². The molecule has 1 saturated carbocycles. The molecule has 2 aliphatic rings. The van der Waals surface area contributed by atoms with E-state index in [-0.39, 0.29) is 0 Å². The molecule has 0 radical (unpaired) electrons. The lowest BCUT2D eigenvalue weighted by molar-refractivity contribution is 0.121. The van der Waals surface area contributed by atoms with Crippen LogP contribution in [-0.4, -0.2) is 29.9 Å². The summed E-state index contributed by atoms with van der Waals surface area (Å²) in [7, 11) is 0. The van der Waals surface area contributed by atoms with Gasteiger partial charge in [-0.15, -0.1) is 0 Å². The van der Waals surface area contributed by atoms with Gasteiger partial charge >= 0.3 is 0 Å². The van der Waals surface area contributed by atoms with Crippen molar-refractivity contribution in [2.24, 2.45) is 11.3 Å². The fourth-order valence-corrected chi connectivity index (χ4v) is 3.88. The van der Waals surface area contributed by atoms with Crippen LogP contribution >= 0.6 is 15.9 Å². The molecule has 2 heteroatoms. The van der Waals surface area contributed by atoms with Crippen LogP contribution in [0.3, 0.4) is 0 Å². The van der Waals surface area contributed by atoms with Crippen LogP contribution in [0.15, 0.2) is 0 Å².